The van der Waals surface area contributed by atoms with Crippen LogP contribution >= 0.6 is 0 Å². The van der Waals surface area contributed by atoms with Gasteiger partial charge in [0.15, 0.2) is 0 Å². The monoisotopic (exact) mass is 681 g/mol. The first-order chi connectivity index (χ1) is 23.9. The SMILES string of the molecule is NC(=O)[C@H]1[C@@H]2C(=O)O[C@@H](C3CCCCC3)[C@@H](C3CCCCC3)N2[C@@H](C2CCC(OCCO)CC2)[C@]12C(=O)NC1CCC(C#CCCO)CC12. The lowest BCUT2D eigenvalue weighted by molar-refractivity contribution is -0.190. The lowest BCUT2D eigenvalue weighted by Gasteiger charge is -2.54. The molecule has 4 aliphatic carbocycles. The van der Waals surface area contributed by atoms with E-state index in [1.54, 1.807) is 0 Å². The standard InChI is InChI=1S/C39H59N3O7/c40-36(45)31-33-37(46)49-34(26-12-5-2-6-13-26)32(25-10-3-1-4-11-25)42(33)35(27-15-17-28(18-16-27)48-22-21-44)39(31)29-23-24(9-7-8-20-43)14-19-30(29)41-38(39)47/h24-35,43-44H,1-6,8,10-23H2,(H2,40,45)(H,41,47)/t24?,27?,28?,29?,30?,31-,32-,33-,34+,35+,39-/m1/s1. The molecule has 10 nitrogen and oxygen atoms in total. The molecule has 272 valence electrons. The Bertz CT molecular complexity index is 1260. The summed E-state index contributed by atoms with van der Waals surface area (Å²) in [5, 5.41) is 22.2. The number of cyclic esters (lactones) is 1. The number of nitrogens with one attached hydrogen (secondary N) is 1. The zero-order chi connectivity index (χ0) is 34.1. The van der Waals surface area contributed by atoms with Crippen LogP contribution in [0.25, 0.3) is 0 Å². The van der Waals surface area contributed by atoms with Gasteiger partial charge in [-0.25, -0.2) is 0 Å². The highest BCUT2D eigenvalue weighted by atomic mass is 16.6. The number of nitrogens with two attached hydrogens (primary N) is 1. The van der Waals surface area contributed by atoms with Crippen LogP contribution in [0.5, 0.6) is 0 Å². The Balaban J connectivity index is 1.36. The van der Waals surface area contributed by atoms with Crippen LogP contribution in [-0.2, 0) is 23.9 Å². The Morgan fingerprint density at radius 2 is 1.59 bits per heavy atom. The molecule has 3 saturated heterocycles. The zero-order valence-corrected chi connectivity index (χ0v) is 29.2. The molecule has 7 aliphatic rings. The number of ether oxygens (including phenoxy) is 2. The second-order valence-corrected chi connectivity index (χ2v) is 16.5. The fourth-order valence-electron chi connectivity index (χ4n) is 12.2. The van der Waals surface area contributed by atoms with Gasteiger partial charge in [-0.3, -0.25) is 19.3 Å². The van der Waals surface area contributed by atoms with Gasteiger partial charge in [-0.2, -0.15) is 0 Å². The number of carbonyl (C=O) groups is 3. The maximum absolute atomic E-state index is 15.0. The van der Waals surface area contributed by atoms with Gasteiger partial charge in [0.25, 0.3) is 0 Å². The number of hydrogen-bond donors (Lipinski definition) is 4. The molecule has 0 aromatic carbocycles. The molecule has 3 heterocycles. The van der Waals surface area contributed by atoms with Gasteiger partial charge in [0.2, 0.25) is 11.8 Å². The van der Waals surface area contributed by atoms with Gasteiger partial charge >= 0.3 is 5.97 Å². The van der Waals surface area contributed by atoms with E-state index < -0.39 is 23.3 Å². The van der Waals surface area contributed by atoms with Crippen molar-refractivity contribution in [3.63, 3.8) is 0 Å². The summed E-state index contributed by atoms with van der Waals surface area (Å²) in [5.41, 5.74) is 5.30. The number of fused-ring (bicyclic) bond motifs is 3. The van der Waals surface area contributed by atoms with E-state index in [1.165, 1.54) is 12.8 Å². The maximum Gasteiger partial charge on any atom is 0.324 e. The quantitative estimate of drug-likeness (QED) is 0.225. The van der Waals surface area contributed by atoms with E-state index in [9.17, 15) is 19.8 Å². The van der Waals surface area contributed by atoms with Crippen LogP contribution in [0.1, 0.15) is 116 Å². The lowest BCUT2D eigenvalue weighted by Crippen LogP contribution is -2.66. The van der Waals surface area contributed by atoms with Gasteiger partial charge in [0, 0.05) is 24.4 Å². The summed E-state index contributed by atoms with van der Waals surface area (Å²) < 4.78 is 12.6. The Hall–Kier alpha value is -2.19. The first-order valence-corrected chi connectivity index (χ1v) is 19.8. The third kappa shape index (κ3) is 6.33. The van der Waals surface area contributed by atoms with Crippen LogP contribution in [-0.4, -0.2) is 89.1 Å². The van der Waals surface area contributed by atoms with Crippen LogP contribution in [0.4, 0.5) is 0 Å². The highest BCUT2D eigenvalue weighted by Gasteiger charge is 2.77. The largest absolute Gasteiger partial charge is 0.459 e. The molecular formula is C39H59N3O7. The Labute approximate surface area is 292 Å². The fourth-order valence-corrected chi connectivity index (χ4v) is 12.2. The molecule has 3 aliphatic heterocycles. The first-order valence-electron chi connectivity index (χ1n) is 19.8. The van der Waals surface area contributed by atoms with E-state index in [1.807, 2.05) is 0 Å². The zero-order valence-electron chi connectivity index (χ0n) is 29.2. The van der Waals surface area contributed by atoms with Gasteiger partial charge in [-0.1, -0.05) is 44.4 Å². The number of carbonyl (C=O) groups excluding carboxylic acids is 3. The Morgan fingerprint density at radius 1 is 0.898 bits per heavy atom. The van der Waals surface area contributed by atoms with Gasteiger partial charge in [0.05, 0.1) is 43.3 Å². The molecule has 0 radical (unpaired) electrons. The van der Waals surface area contributed by atoms with Crippen molar-refractivity contribution in [1.29, 1.82) is 0 Å². The maximum atomic E-state index is 15.0. The molecule has 0 aromatic heterocycles. The summed E-state index contributed by atoms with van der Waals surface area (Å²) >= 11 is 0. The highest BCUT2D eigenvalue weighted by molar-refractivity contribution is 5.98. The topological polar surface area (TPSA) is 151 Å². The second-order valence-electron chi connectivity index (χ2n) is 16.5. The summed E-state index contributed by atoms with van der Waals surface area (Å²) in [6.45, 7) is 0.306. The molecule has 1 spiro atoms. The Morgan fingerprint density at radius 3 is 2.24 bits per heavy atom. The van der Waals surface area contributed by atoms with Crippen molar-refractivity contribution in [2.75, 3.05) is 19.8 Å². The molecule has 4 saturated carbocycles. The van der Waals surface area contributed by atoms with E-state index >= 15 is 4.79 Å². The number of esters is 1. The predicted molar refractivity (Wildman–Crippen MR) is 182 cm³/mol. The van der Waals surface area contributed by atoms with Crippen molar-refractivity contribution in [2.45, 2.75) is 152 Å². The van der Waals surface area contributed by atoms with Crippen molar-refractivity contribution < 1.29 is 34.1 Å². The van der Waals surface area contributed by atoms with Crippen molar-refractivity contribution in [3.8, 4) is 11.8 Å². The predicted octanol–water partition coefficient (Wildman–Crippen LogP) is 3.45. The molecule has 10 heteroatoms. The minimum Gasteiger partial charge on any atom is -0.459 e. The average molecular weight is 682 g/mol. The fraction of sp³-hybridized carbons (Fsp3) is 0.872. The van der Waals surface area contributed by atoms with Crippen LogP contribution in [0, 0.1) is 52.8 Å². The normalized spacial score (nSPS) is 41.8. The van der Waals surface area contributed by atoms with E-state index in [4.69, 9.17) is 15.2 Å². The molecule has 0 aromatic rings. The van der Waals surface area contributed by atoms with Gasteiger partial charge in [-0.15, -0.1) is 5.92 Å². The van der Waals surface area contributed by atoms with Gasteiger partial charge < -0.3 is 30.7 Å². The highest BCUT2D eigenvalue weighted by Crippen LogP contribution is 2.63. The summed E-state index contributed by atoms with van der Waals surface area (Å²) in [4.78, 5) is 46.1. The van der Waals surface area contributed by atoms with Crippen LogP contribution in [0.15, 0.2) is 0 Å². The number of nitrogens with zero attached hydrogens (tertiary/aromatic N) is 1. The summed E-state index contributed by atoms with van der Waals surface area (Å²) in [7, 11) is 0. The van der Waals surface area contributed by atoms with Crippen molar-refractivity contribution in [2.24, 2.45) is 46.7 Å². The first kappa shape index (κ1) is 35.2. The number of morpholine rings is 1. The van der Waals surface area contributed by atoms with Crippen molar-refractivity contribution in [1.82, 2.24) is 10.2 Å². The molecule has 0 bridgehead atoms. The molecule has 2 amide bonds. The average Bonchev–Trinajstić information content (AvgIpc) is 3.60. The van der Waals surface area contributed by atoms with Crippen LogP contribution < -0.4 is 11.1 Å². The summed E-state index contributed by atoms with van der Waals surface area (Å²) in [6, 6.07) is -1.34. The smallest absolute Gasteiger partial charge is 0.324 e. The number of amides is 2. The van der Waals surface area contributed by atoms with Crippen LogP contribution in [0.3, 0.4) is 0 Å². The van der Waals surface area contributed by atoms with Crippen LogP contribution in [0.2, 0.25) is 0 Å². The number of hydrogen-bond acceptors (Lipinski definition) is 8. The molecule has 7 rings (SSSR count). The second kappa shape index (κ2) is 15.2. The minimum absolute atomic E-state index is 0.00966. The van der Waals surface area contributed by atoms with Crippen molar-refractivity contribution >= 4 is 17.8 Å². The van der Waals surface area contributed by atoms with E-state index in [-0.39, 0.29) is 79.1 Å². The lowest BCUT2D eigenvalue weighted by atomic mass is 9.56. The van der Waals surface area contributed by atoms with E-state index in [0.717, 1.165) is 89.9 Å². The molecular weight excluding hydrogens is 622 g/mol. The molecule has 49 heavy (non-hydrogen) atoms. The van der Waals surface area contributed by atoms with E-state index in [2.05, 4.69) is 22.1 Å². The third-order valence-corrected chi connectivity index (χ3v) is 14.0. The van der Waals surface area contributed by atoms with Gasteiger partial charge in [0.1, 0.15) is 12.1 Å². The number of aliphatic hydroxyl groups excluding tert-OH is 2. The van der Waals surface area contributed by atoms with E-state index in [0.29, 0.717) is 25.4 Å². The molecule has 5 N–H and O–H groups in total. The number of aliphatic hydroxyl groups is 2. The summed E-state index contributed by atoms with van der Waals surface area (Å²) in [6.07, 6.45) is 17.0. The molecule has 7 fully saturated rings. The third-order valence-electron chi connectivity index (χ3n) is 14.0. The Kier molecular flexibility index (Phi) is 10.9. The van der Waals surface area contributed by atoms with Crippen molar-refractivity contribution in [3.05, 3.63) is 0 Å². The minimum atomic E-state index is -1.16. The summed E-state index contributed by atoms with van der Waals surface area (Å²) in [5.74, 6) is 5.05. The van der Waals surface area contributed by atoms with Gasteiger partial charge in [-0.05, 0) is 94.3 Å². The molecule has 3 unspecified atom stereocenters. The number of rotatable bonds is 8. The molecule has 9 atom stereocenters. The number of primary amides is 1.